The average Bonchev–Trinajstić information content (AvgIpc) is 2.65. The van der Waals surface area contributed by atoms with Crippen LogP contribution in [-0.2, 0) is 11.2 Å². The second-order valence-electron chi connectivity index (χ2n) is 5.47. The van der Waals surface area contributed by atoms with E-state index in [-0.39, 0.29) is 12.0 Å². The molecule has 2 amide bonds. The number of carbonyl (C=O) groups excluding carboxylic acids is 2. The minimum atomic E-state index is -0.359. The molecule has 0 spiro atoms. The van der Waals surface area contributed by atoms with Gasteiger partial charge in [-0.15, -0.1) is 0 Å². The maximum atomic E-state index is 12.9. The Morgan fingerprint density at radius 2 is 1.50 bits per heavy atom. The summed E-state index contributed by atoms with van der Waals surface area (Å²) in [5.41, 5.74) is 1.52. The van der Waals surface area contributed by atoms with Gasteiger partial charge in [0.05, 0.1) is 21.3 Å². The van der Waals surface area contributed by atoms with Crippen LogP contribution >= 0.6 is 0 Å². The van der Waals surface area contributed by atoms with E-state index >= 15 is 0 Å². The van der Waals surface area contributed by atoms with E-state index in [1.54, 1.807) is 30.1 Å². The highest BCUT2D eigenvalue weighted by Gasteiger charge is 2.27. The van der Waals surface area contributed by atoms with E-state index in [2.05, 4.69) is 0 Å². The number of nitrogens with zero attached hydrogens (tertiary/aromatic N) is 2. The van der Waals surface area contributed by atoms with Crippen LogP contribution in [-0.4, -0.2) is 69.3 Å². The number of amides is 2. The molecule has 7 heteroatoms. The molecule has 132 valence electrons. The third-order valence-corrected chi connectivity index (χ3v) is 4.22. The summed E-state index contributed by atoms with van der Waals surface area (Å²) in [6.45, 7) is 3.88. The Bertz CT molecular complexity index is 609. The number of hydrogen-bond donors (Lipinski definition) is 0. The van der Waals surface area contributed by atoms with Crippen LogP contribution in [0.4, 0.5) is 4.79 Å². The topological polar surface area (TPSA) is 68.3 Å². The highest BCUT2D eigenvalue weighted by atomic mass is 16.5. The Hall–Kier alpha value is -2.44. The standard InChI is InChI=1S/C17H24N2O5/c1-5-12-10-14(22-2)15(23-3)11-13(12)16(20)18-6-8-19(9-7-18)17(21)24-4/h10-11H,5-9H2,1-4H3. The Morgan fingerprint density at radius 3 is 2.00 bits per heavy atom. The predicted octanol–water partition coefficient (Wildman–Crippen LogP) is 1.79. The molecule has 1 saturated heterocycles. The van der Waals surface area contributed by atoms with Gasteiger partial charge in [-0.1, -0.05) is 6.92 Å². The van der Waals surface area contributed by atoms with Crippen LogP contribution in [0.3, 0.4) is 0 Å². The van der Waals surface area contributed by atoms with Crippen molar-refractivity contribution in [3.63, 3.8) is 0 Å². The highest BCUT2D eigenvalue weighted by molar-refractivity contribution is 5.96. The molecule has 1 aromatic carbocycles. The van der Waals surface area contributed by atoms with Crippen molar-refractivity contribution in [2.75, 3.05) is 47.5 Å². The molecule has 0 N–H and O–H groups in total. The van der Waals surface area contributed by atoms with E-state index in [9.17, 15) is 9.59 Å². The SMILES string of the molecule is CCc1cc(OC)c(OC)cc1C(=O)N1CCN(C(=O)OC)CC1. The molecular formula is C17H24N2O5. The monoisotopic (exact) mass is 336 g/mol. The van der Waals surface area contributed by atoms with Gasteiger partial charge in [-0.2, -0.15) is 0 Å². The Balaban J connectivity index is 2.19. The van der Waals surface area contributed by atoms with Gasteiger partial charge in [0.2, 0.25) is 0 Å². The molecule has 7 nitrogen and oxygen atoms in total. The van der Waals surface area contributed by atoms with E-state index in [1.165, 1.54) is 7.11 Å². The summed E-state index contributed by atoms with van der Waals surface area (Å²) in [6.07, 6.45) is 0.353. The molecule has 1 aliphatic heterocycles. The van der Waals surface area contributed by atoms with Crippen LogP contribution in [0.5, 0.6) is 11.5 Å². The largest absolute Gasteiger partial charge is 0.493 e. The Labute approximate surface area is 142 Å². The normalized spacial score (nSPS) is 14.3. The lowest BCUT2D eigenvalue weighted by atomic mass is 10.0. The van der Waals surface area contributed by atoms with Crippen LogP contribution in [0, 0.1) is 0 Å². The number of hydrogen-bond acceptors (Lipinski definition) is 5. The average molecular weight is 336 g/mol. The lowest BCUT2D eigenvalue weighted by Gasteiger charge is -2.34. The molecule has 0 saturated carbocycles. The number of rotatable bonds is 4. The van der Waals surface area contributed by atoms with Gasteiger partial charge in [0.25, 0.3) is 5.91 Å². The zero-order valence-corrected chi connectivity index (χ0v) is 14.6. The van der Waals surface area contributed by atoms with Gasteiger partial charge in [0, 0.05) is 31.7 Å². The summed E-state index contributed by atoms with van der Waals surface area (Å²) >= 11 is 0. The first-order valence-corrected chi connectivity index (χ1v) is 7.92. The predicted molar refractivity (Wildman–Crippen MR) is 88.8 cm³/mol. The lowest BCUT2D eigenvalue weighted by Crippen LogP contribution is -2.50. The smallest absolute Gasteiger partial charge is 0.409 e. The lowest BCUT2D eigenvalue weighted by molar-refractivity contribution is 0.0598. The maximum Gasteiger partial charge on any atom is 0.409 e. The van der Waals surface area contributed by atoms with E-state index in [1.807, 2.05) is 13.0 Å². The van der Waals surface area contributed by atoms with Gasteiger partial charge in [-0.05, 0) is 24.1 Å². The van der Waals surface area contributed by atoms with Gasteiger partial charge in [-0.25, -0.2) is 4.79 Å². The van der Waals surface area contributed by atoms with Gasteiger partial charge in [0.15, 0.2) is 11.5 Å². The second-order valence-corrected chi connectivity index (χ2v) is 5.47. The zero-order valence-electron chi connectivity index (χ0n) is 14.6. The first kappa shape index (κ1) is 17.9. The van der Waals surface area contributed by atoms with Crippen molar-refractivity contribution < 1.29 is 23.8 Å². The zero-order chi connectivity index (χ0) is 17.7. The third-order valence-electron chi connectivity index (χ3n) is 4.22. The van der Waals surface area contributed by atoms with Crippen molar-refractivity contribution in [3.05, 3.63) is 23.3 Å². The van der Waals surface area contributed by atoms with E-state index in [0.29, 0.717) is 49.7 Å². The molecule has 1 fully saturated rings. The summed E-state index contributed by atoms with van der Waals surface area (Å²) < 4.78 is 15.3. The molecule has 0 aliphatic carbocycles. The van der Waals surface area contributed by atoms with Gasteiger partial charge >= 0.3 is 6.09 Å². The van der Waals surface area contributed by atoms with Crippen molar-refractivity contribution >= 4 is 12.0 Å². The molecule has 2 rings (SSSR count). The third kappa shape index (κ3) is 3.55. The number of ether oxygens (including phenoxy) is 3. The number of carbonyl (C=O) groups is 2. The minimum Gasteiger partial charge on any atom is -0.493 e. The molecule has 1 aromatic rings. The highest BCUT2D eigenvalue weighted by Crippen LogP contribution is 2.31. The first-order valence-electron chi connectivity index (χ1n) is 7.92. The van der Waals surface area contributed by atoms with Gasteiger partial charge in [0.1, 0.15) is 0 Å². The molecule has 0 unspecified atom stereocenters. The van der Waals surface area contributed by atoms with Crippen LogP contribution in [0.15, 0.2) is 12.1 Å². The number of methoxy groups -OCH3 is 3. The molecule has 24 heavy (non-hydrogen) atoms. The minimum absolute atomic E-state index is 0.0580. The van der Waals surface area contributed by atoms with E-state index in [4.69, 9.17) is 14.2 Å². The number of benzene rings is 1. The van der Waals surface area contributed by atoms with Crippen LogP contribution in [0.25, 0.3) is 0 Å². The first-order chi connectivity index (χ1) is 11.5. The summed E-state index contributed by atoms with van der Waals surface area (Å²) in [5, 5.41) is 0. The van der Waals surface area contributed by atoms with E-state index in [0.717, 1.165) is 5.56 Å². The fourth-order valence-corrected chi connectivity index (χ4v) is 2.80. The number of piperazine rings is 1. The van der Waals surface area contributed by atoms with Crippen LogP contribution in [0.2, 0.25) is 0 Å². The Kier molecular flexibility index (Phi) is 5.89. The van der Waals surface area contributed by atoms with E-state index < -0.39 is 0 Å². The molecule has 0 atom stereocenters. The summed E-state index contributed by atoms with van der Waals surface area (Å²) in [7, 11) is 4.48. The molecule has 0 radical (unpaired) electrons. The summed E-state index contributed by atoms with van der Waals surface area (Å²) in [6, 6.07) is 3.57. The van der Waals surface area contributed by atoms with Crippen molar-refractivity contribution in [3.8, 4) is 11.5 Å². The fraction of sp³-hybridized carbons (Fsp3) is 0.529. The molecule has 1 heterocycles. The maximum absolute atomic E-state index is 12.9. The summed E-state index contributed by atoms with van der Waals surface area (Å²) in [4.78, 5) is 27.8. The van der Waals surface area contributed by atoms with Crippen molar-refractivity contribution in [1.29, 1.82) is 0 Å². The molecule has 0 bridgehead atoms. The molecule has 1 aliphatic rings. The molecular weight excluding hydrogens is 312 g/mol. The second kappa shape index (κ2) is 7.90. The quantitative estimate of drug-likeness (QED) is 0.838. The Morgan fingerprint density at radius 1 is 0.958 bits per heavy atom. The fourth-order valence-electron chi connectivity index (χ4n) is 2.80. The van der Waals surface area contributed by atoms with Crippen LogP contribution in [0.1, 0.15) is 22.8 Å². The van der Waals surface area contributed by atoms with Crippen LogP contribution < -0.4 is 9.47 Å². The summed E-state index contributed by atoms with van der Waals surface area (Å²) in [5.74, 6) is 1.09. The van der Waals surface area contributed by atoms with Crippen molar-refractivity contribution in [2.45, 2.75) is 13.3 Å². The molecule has 0 aromatic heterocycles. The van der Waals surface area contributed by atoms with Crippen molar-refractivity contribution in [2.24, 2.45) is 0 Å². The number of aryl methyl sites for hydroxylation is 1. The van der Waals surface area contributed by atoms with Gasteiger partial charge in [-0.3, -0.25) is 4.79 Å². The van der Waals surface area contributed by atoms with Gasteiger partial charge < -0.3 is 24.0 Å². The van der Waals surface area contributed by atoms with Crippen molar-refractivity contribution in [1.82, 2.24) is 9.80 Å².